The average Bonchev–Trinajstić information content (AvgIpc) is 2.44. The topological polar surface area (TPSA) is 44.6 Å². The summed E-state index contributed by atoms with van der Waals surface area (Å²) >= 11 is 0. The molecule has 19 heavy (non-hydrogen) atoms. The molecule has 2 aromatic rings. The van der Waals surface area contributed by atoms with Gasteiger partial charge in [-0.05, 0) is 29.8 Å². The van der Waals surface area contributed by atoms with Crippen molar-refractivity contribution < 1.29 is 5.11 Å². The van der Waals surface area contributed by atoms with Crippen LogP contribution in [0.25, 0.3) is 10.8 Å². The predicted molar refractivity (Wildman–Crippen MR) is 81.2 cm³/mol. The van der Waals surface area contributed by atoms with Crippen molar-refractivity contribution in [2.24, 2.45) is 4.99 Å². The molecule has 0 amide bonds. The molecule has 3 nitrogen and oxygen atoms in total. The van der Waals surface area contributed by atoms with Gasteiger partial charge in [0.05, 0.1) is 6.54 Å². The molecule has 0 aliphatic carbocycles. The number of rotatable bonds is 6. The smallest absolute Gasteiger partial charge is 0.124 e. The summed E-state index contributed by atoms with van der Waals surface area (Å²) in [6, 6.07) is 11.7. The number of hydrogen-bond donors (Lipinski definition) is 2. The van der Waals surface area contributed by atoms with Crippen LogP contribution in [0.3, 0.4) is 0 Å². The van der Waals surface area contributed by atoms with E-state index >= 15 is 0 Å². The summed E-state index contributed by atoms with van der Waals surface area (Å²) in [6.45, 7) is 4.76. The molecule has 2 aromatic carbocycles. The highest BCUT2D eigenvalue weighted by atomic mass is 16.3. The van der Waals surface area contributed by atoms with Crippen molar-refractivity contribution in [3.05, 3.63) is 42.0 Å². The Kier molecular flexibility index (Phi) is 4.93. The quantitative estimate of drug-likeness (QED) is 0.616. The first-order chi connectivity index (χ1) is 9.33. The van der Waals surface area contributed by atoms with E-state index in [2.05, 4.69) is 17.2 Å². The second-order valence-electron chi connectivity index (χ2n) is 4.50. The van der Waals surface area contributed by atoms with Gasteiger partial charge in [0.15, 0.2) is 0 Å². The molecule has 0 aliphatic heterocycles. The molecule has 2 rings (SSSR count). The molecule has 0 saturated heterocycles. The summed E-state index contributed by atoms with van der Waals surface area (Å²) in [4.78, 5) is 4.38. The summed E-state index contributed by atoms with van der Waals surface area (Å²) in [7, 11) is 0. The van der Waals surface area contributed by atoms with Crippen LogP contribution in [0.2, 0.25) is 0 Å². The van der Waals surface area contributed by atoms with Gasteiger partial charge >= 0.3 is 0 Å². The number of aromatic hydroxyl groups is 1. The van der Waals surface area contributed by atoms with Gasteiger partial charge in [-0.3, -0.25) is 4.99 Å². The number of benzene rings is 2. The van der Waals surface area contributed by atoms with Gasteiger partial charge in [0.1, 0.15) is 5.75 Å². The molecule has 2 N–H and O–H groups in total. The number of phenols is 1. The summed E-state index contributed by atoms with van der Waals surface area (Å²) in [5.41, 5.74) is 0.800. The Morgan fingerprint density at radius 1 is 1.16 bits per heavy atom. The highest BCUT2D eigenvalue weighted by Gasteiger charge is 2.03. The van der Waals surface area contributed by atoms with Crippen LogP contribution >= 0.6 is 0 Å². The summed E-state index contributed by atoms with van der Waals surface area (Å²) in [5.74, 6) is 0.281. The fraction of sp³-hybridized carbons (Fsp3) is 0.312. The molecular weight excluding hydrogens is 236 g/mol. The second-order valence-corrected chi connectivity index (χ2v) is 4.50. The minimum absolute atomic E-state index is 0.281. The zero-order chi connectivity index (χ0) is 13.5. The SMILES string of the molecule is CCCNCCN=Cc1c(O)ccc2ccccc12. The zero-order valence-corrected chi connectivity index (χ0v) is 11.3. The van der Waals surface area contributed by atoms with E-state index in [-0.39, 0.29) is 5.75 Å². The minimum Gasteiger partial charge on any atom is -0.507 e. The first-order valence-corrected chi connectivity index (χ1v) is 6.74. The molecular formula is C16H20N2O. The largest absolute Gasteiger partial charge is 0.507 e. The number of aliphatic imine (C=N–C) groups is 1. The van der Waals surface area contributed by atoms with Gasteiger partial charge in [0.2, 0.25) is 0 Å². The maximum atomic E-state index is 9.94. The van der Waals surface area contributed by atoms with E-state index in [1.54, 1.807) is 12.3 Å². The lowest BCUT2D eigenvalue weighted by atomic mass is 10.0. The van der Waals surface area contributed by atoms with E-state index in [0.29, 0.717) is 0 Å². The molecule has 0 aliphatic rings. The van der Waals surface area contributed by atoms with Gasteiger partial charge in [0.25, 0.3) is 0 Å². The van der Waals surface area contributed by atoms with Crippen LogP contribution in [0.15, 0.2) is 41.4 Å². The van der Waals surface area contributed by atoms with Gasteiger partial charge in [0, 0.05) is 18.3 Å². The molecule has 3 heteroatoms. The van der Waals surface area contributed by atoms with E-state index in [1.165, 1.54) is 0 Å². The minimum atomic E-state index is 0.281. The Hall–Kier alpha value is -1.87. The van der Waals surface area contributed by atoms with E-state index in [1.807, 2.05) is 30.3 Å². The monoisotopic (exact) mass is 256 g/mol. The molecule has 0 heterocycles. The van der Waals surface area contributed by atoms with Crippen molar-refractivity contribution in [3.63, 3.8) is 0 Å². The molecule has 0 saturated carbocycles. The Morgan fingerprint density at radius 3 is 2.84 bits per heavy atom. The Balaban J connectivity index is 2.11. The van der Waals surface area contributed by atoms with E-state index in [4.69, 9.17) is 0 Å². The van der Waals surface area contributed by atoms with Crippen molar-refractivity contribution >= 4 is 17.0 Å². The molecule has 0 aromatic heterocycles. The van der Waals surface area contributed by atoms with Gasteiger partial charge in [-0.15, -0.1) is 0 Å². The number of fused-ring (bicyclic) bond motifs is 1. The van der Waals surface area contributed by atoms with Crippen molar-refractivity contribution in [1.82, 2.24) is 5.32 Å². The molecule has 0 radical (unpaired) electrons. The van der Waals surface area contributed by atoms with Crippen LogP contribution in [-0.2, 0) is 0 Å². The highest BCUT2D eigenvalue weighted by Crippen LogP contribution is 2.25. The fourth-order valence-electron chi connectivity index (χ4n) is 2.02. The Morgan fingerprint density at radius 2 is 2.00 bits per heavy atom. The van der Waals surface area contributed by atoms with Crippen LogP contribution in [-0.4, -0.2) is 31.0 Å². The average molecular weight is 256 g/mol. The zero-order valence-electron chi connectivity index (χ0n) is 11.3. The lowest BCUT2D eigenvalue weighted by Crippen LogP contribution is -2.18. The van der Waals surface area contributed by atoms with Crippen LogP contribution in [0, 0.1) is 0 Å². The maximum Gasteiger partial charge on any atom is 0.124 e. The first kappa shape index (κ1) is 13.6. The molecule has 100 valence electrons. The van der Waals surface area contributed by atoms with E-state index in [0.717, 1.165) is 42.4 Å². The third-order valence-electron chi connectivity index (χ3n) is 3.01. The number of nitrogens with one attached hydrogen (secondary N) is 1. The van der Waals surface area contributed by atoms with E-state index in [9.17, 15) is 5.11 Å². The van der Waals surface area contributed by atoms with Crippen molar-refractivity contribution in [2.45, 2.75) is 13.3 Å². The molecule has 0 bridgehead atoms. The second kappa shape index (κ2) is 6.90. The van der Waals surface area contributed by atoms with Crippen LogP contribution in [0.1, 0.15) is 18.9 Å². The van der Waals surface area contributed by atoms with Gasteiger partial charge in [-0.2, -0.15) is 0 Å². The third-order valence-corrected chi connectivity index (χ3v) is 3.01. The summed E-state index contributed by atoms with van der Waals surface area (Å²) in [5, 5.41) is 15.4. The molecule has 0 fully saturated rings. The number of hydrogen-bond acceptors (Lipinski definition) is 3. The Bertz CT molecular complexity index is 564. The molecule has 0 spiro atoms. The lowest BCUT2D eigenvalue weighted by Gasteiger charge is -2.04. The van der Waals surface area contributed by atoms with E-state index < -0.39 is 0 Å². The van der Waals surface area contributed by atoms with Crippen molar-refractivity contribution in [3.8, 4) is 5.75 Å². The molecule has 0 atom stereocenters. The van der Waals surface area contributed by atoms with Crippen molar-refractivity contribution in [2.75, 3.05) is 19.6 Å². The summed E-state index contributed by atoms with van der Waals surface area (Å²) in [6.07, 6.45) is 2.90. The number of phenolic OH excluding ortho intramolecular Hbond substituents is 1. The number of nitrogens with zero attached hydrogens (tertiary/aromatic N) is 1. The van der Waals surface area contributed by atoms with Crippen LogP contribution < -0.4 is 5.32 Å². The summed E-state index contributed by atoms with van der Waals surface area (Å²) < 4.78 is 0. The van der Waals surface area contributed by atoms with Crippen molar-refractivity contribution in [1.29, 1.82) is 0 Å². The third kappa shape index (κ3) is 3.55. The highest BCUT2D eigenvalue weighted by molar-refractivity contribution is 6.02. The lowest BCUT2D eigenvalue weighted by molar-refractivity contribution is 0.475. The van der Waals surface area contributed by atoms with Gasteiger partial charge in [-0.25, -0.2) is 0 Å². The Labute approximate surface area is 114 Å². The van der Waals surface area contributed by atoms with Gasteiger partial charge in [-0.1, -0.05) is 37.3 Å². The standard InChI is InChI=1S/C16H20N2O/c1-2-9-17-10-11-18-12-15-14-6-4-3-5-13(14)7-8-16(15)19/h3-8,12,17,19H,2,9-11H2,1H3. The maximum absolute atomic E-state index is 9.94. The van der Waals surface area contributed by atoms with Crippen LogP contribution in [0.4, 0.5) is 0 Å². The van der Waals surface area contributed by atoms with Crippen LogP contribution in [0.5, 0.6) is 5.75 Å². The normalized spacial score (nSPS) is 11.4. The molecule has 0 unspecified atom stereocenters. The van der Waals surface area contributed by atoms with Gasteiger partial charge < -0.3 is 10.4 Å². The predicted octanol–water partition coefficient (Wildman–Crippen LogP) is 2.96. The first-order valence-electron chi connectivity index (χ1n) is 6.74. The fourth-order valence-corrected chi connectivity index (χ4v) is 2.02.